The molecule has 1 heterocycles. The Labute approximate surface area is 171 Å². The Morgan fingerprint density at radius 2 is 1.72 bits per heavy atom. The maximum absolute atomic E-state index is 11.6. The second-order valence-corrected chi connectivity index (χ2v) is 6.40. The molecule has 1 fully saturated rings. The smallest absolute Gasteiger partial charge is 0.221 e. The Morgan fingerprint density at radius 3 is 2.36 bits per heavy atom. The first-order chi connectivity index (χ1) is 11.8. The highest BCUT2D eigenvalue weighted by Crippen LogP contribution is 2.09. The van der Waals surface area contributed by atoms with Crippen molar-refractivity contribution in [1.82, 2.24) is 20.9 Å². The molecule has 0 spiro atoms. The van der Waals surface area contributed by atoms with Crippen LogP contribution in [-0.4, -0.2) is 62.6 Å². The lowest BCUT2D eigenvalue weighted by molar-refractivity contribution is -0.120. The number of guanidine groups is 1. The third-order valence-corrected chi connectivity index (χ3v) is 4.16. The van der Waals surface area contributed by atoms with Crippen molar-refractivity contribution >= 4 is 35.8 Å². The monoisotopic (exact) mass is 467 g/mol. The summed E-state index contributed by atoms with van der Waals surface area (Å²) in [6.07, 6.45) is 8.00. The molecule has 1 aliphatic rings. The number of halogens is 1. The standard InChI is InChI=1S/C18H37N5O.HI/c1-3-11-20-17(24)10-13-22-18(19-4-2)21-12-9-16-23-14-7-5-6-8-15-23;/h3-16H2,1-2H3,(H,20,24)(H2,19,21,22);1H. The van der Waals surface area contributed by atoms with Crippen molar-refractivity contribution in [2.75, 3.05) is 45.8 Å². The summed E-state index contributed by atoms with van der Waals surface area (Å²) in [5.74, 6) is 0.915. The summed E-state index contributed by atoms with van der Waals surface area (Å²) in [6.45, 7) is 10.8. The molecule has 1 saturated heterocycles. The number of nitrogens with one attached hydrogen (secondary N) is 3. The first kappa shape index (κ1) is 24.4. The number of nitrogens with zero attached hydrogens (tertiary/aromatic N) is 2. The molecular formula is C18H38IN5O. The Hall–Kier alpha value is -0.570. The van der Waals surface area contributed by atoms with Crippen LogP contribution in [0.1, 0.15) is 58.8 Å². The molecule has 7 heteroatoms. The van der Waals surface area contributed by atoms with E-state index < -0.39 is 0 Å². The summed E-state index contributed by atoms with van der Waals surface area (Å²) in [5, 5.41) is 9.37. The van der Waals surface area contributed by atoms with Crippen LogP contribution in [0.15, 0.2) is 4.99 Å². The summed E-state index contributed by atoms with van der Waals surface area (Å²) in [4.78, 5) is 18.8. The topological polar surface area (TPSA) is 68.8 Å². The van der Waals surface area contributed by atoms with Gasteiger partial charge in [-0.3, -0.25) is 9.79 Å². The van der Waals surface area contributed by atoms with Crippen molar-refractivity contribution in [2.45, 2.75) is 58.8 Å². The van der Waals surface area contributed by atoms with Gasteiger partial charge in [0.25, 0.3) is 0 Å². The second-order valence-electron chi connectivity index (χ2n) is 6.40. The molecule has 3 N–H and O–H groups in total. The number of amides is 1. The molecule has 0 aromatic rings. The molecular weight excluding hydrogens is 429 g/mol. The van der Waals surface area contributed by atoms with E-state index in [-0.39, 0.29) is 29.9 Å². The average molecular weight is 467 g/mol. The maximum Gasteiger partial charge on any atom is 0.221 e. The predicted octanol–water partition coefficient (Wildman–Crippen LogP) is 2.34. The van der Waals surface area contributed by atoms with Crippen LogP contribution in [0.4, 0.5) is 0 Å². The fourth-order valence-electron chi connectivity index (χ4n) is 2.83. The average Bonchev–Trinajstić information content (AvgIpc) is 2.85. The Bertz CT molecular complexity index is 357. The molecule has 1 aliphatic heterocycles. The van der Waals surface area contributed by atoms with Crippen LogP contribution in [0.2, 0.25) is 0 Å². The van der Waals surface area contributed by atoms with Crippen LogP contribution in [0.25, 0.3) is 0 Å². The molecule has 0 atom stereocenters. The summed E-state index contributed by atoms with van der Waals surface area (Å²) in [5.41, 5.74) is 0. The molecule has 0 saturated carbocycles. The second kappa shape index (κ2) is 16.9. The molecule has 25 heavy (non-hydrogen) atoms. The largest absolute Gasteiger partial charge is 0.357 e. The molecule has 0 aromatic carbocycles. The molecule has 0 unspecified atom stereocenters. The van der Waals surface area contributed by atoms with Crippen molar-refractivity contribution in [3.8, 4) is 0 Å². The summed E-state index contributed by atoms with van der Waals surface area (Å²) < 4.78 is 0. The number of rotatable bonds is 10. The van der Waals surface area contributed by atoms with Crippen LogP contribution in [-0.2, 0) is 4.79 Å². The fraction of sp³-hybridized carbons (Fsp3) is 0.889. The van der Waals surface area contributed by atoms with Gasteiger partial charge in [0.15, 0.2) is 5.96 Å². The first-order valence-electron chi connectivity index (χ1n) is 9.77. The number of likely N-dealkylation sites (tertiary alicyclic amines) is 1. The minimum absolute atomic E-state index is 0. The zero-order valence-electron chi connectivity index (χ0n) is 16.1. The molecule has 0 radical (unpaired) electrons. The molecule has 0 aromatic heterocycles. The summed E-state index contributed by atoms with van der Waals surface area (Å²) >= 11 is 0. The number of hydrogen-bond donors (Lipinski definition) is 3. The Balaban J connectivity index is 0.00000576. The van der Waals surface area contributed by atoms with Gasteiger partial charge < -0.3 is 20.9 Å². The van der Waals surface area contributed by atoms with Crippen LogP contribution in [0.3, 0.4) is 0 Å². The van der Waals surface area contributed by atoms with Crippen LogP contribution >= 0.6 is 24.0 Å². The predicted molar refractivity (Wildman–Crippen MR) is 117 cm³/mol. The van der Waals surface area contributed by atoms with E-state index in [4.69, 9.17) is 0 Å². The normalized spacial score (nSPS) is 15.8. The van der Waals surface area contributed by atoms with Crippen molar-refractivity contribution in [3.63, 3.8) is 0 Å². The van der Waals surface area contributed by atoms with Gasteiger partial charge in [-0.15, -0.1) is 24.0 Å². The zero-order chi connectivity index (χ0) is 17.5. The fourth-order valence-corrected chi connectivity index (χ4v) is 2.83. The molecule has 0 bridgehead atoms. The summed E-state index contributed by atoms with van der Waals surface area (Å²) in [7, 11) is 0. The lowest BCUT2D eigenvalue weighted by atomic mass is 10.2. The van der Waals surface area contributed by atoms with E-state index >= 15 is 0 Å². The summed E-state index contributed by atoms with van der Waals surface area (Å²) in [6, 6.07) is 0. The van der Waals surface area contributed by atoms with Gasteiger partial charge in [0.1, 0.15) is 0 Å². The van der Waals surface area contributed by atoms with E-state index in [1.807, 2.05) is 0 Å². The highest BCUT2D eigenvalue weighted by atomic mass is 127. The molecule has 1 amide bonds. The van der Waals surface area contributed by atoms with E-state index in [0.29, 0.717) is 13.0 Å². The van der Waals surface area contributed by atoms with Crippen molar-refractivity contribution in [2.24, 2.45) is 4.99 Å². The highest BCUT2D eigenvalue weighted by molar-refractivity contribution is 14.0. The zero-order valence-corrected chi connectivity index (χ0v) is 18.4. The number of carbonyl (C=O) groups is 1. The van der Waals surface area contributed by atoms with Crippen molar-refractivity contribution in [3.05, 3.63) is 0 Å². The maximum atomic E-state index is 11.6. The molecule has 6 nitrogen and oxygen atoms in total. The van der Waals surface area contributed by atoms with E-state index in [9.17, 15) is 4.79 Å². The lowest BCUT2D eigenvalue weighted by Crippen LogP contribution is -2.39. The lowest BCUT2D eigenvalue weighted by Gasteiger charge is -2.19. The van der Waals surface area contributed by atoms with Gasteiger partial charge in [0, 0.05) is 32.6 Å². The number of hydrogen-bond acceptors (Lipinski definition) is 3. The minimum atomic E-state index is 0. The third kappa shape index (κ3) is 13.3. The van der Waals surface area contributed by atoms with Crippen LogP contribution < -0.4 is 16.0 Å². The Kier molecular flexibility index (Phi) is 16.5. The van der Waals surface area contributed by atoms with Gasteiger partial charge in [-0.25, -0.2) is 0 Å². The third-order valence-electron chi connectivity index (χ3n) is 4.16. The van der Waals surface area contributed by atoms with Gasteiger partial charge >= 0.3 is 0 Å². The van der Waals surface area contributed by atoms with E-state index in [1.165, 1.54) is 38.8 Å². The van der Waals surface area contributed by atoms with Gasteiger partial charge in [-0.1, -0.05) is 19.8 Å². The Morgan fingerprint density at radius 1 is 1.00 bits per heavy atom. The van der Waals surface area contributed by atoms with E-state index in [2.05, 4.69) is 39.7 Å². The highest BCUT2D eigenvalue weighted by Gasteiger charge is 2.08. The quantitative estimate of drug-likeness (QED) is 0.200. The van der Waals surface area contributed by atoms with Gasteiger partial charge in [0.2, 0.25) is 5.91 Å². The van der Waals surface area contributed by atoms with Gasteiger partial charge in [0.05, 0.1) is 0 Å². The number of carbonyl (C=O) groups excluding carboxylic acids is 1. The SMILES string of the molecule is CCCNC(=O)CCNC(=NCCCN1CCCCCC1)NCC.I. The molecule has 0 aliphatic carbocycles. The first-order valence-corrected chi connectivity index (χ1v) is 9.77. The van der Waals surface area contributed by atoms with Gasteiger partial charge in [-0.05, 0) is 52.2 Å². The van der Waals surface area contributed by atoms with Crippen LogP contribution in [0, 0.1) is 0 Å². The van der Waals surface area contributed by atoms with Crippen LogP contribution in [0.5, 0.6) is 0 Å². The number of aliphatic imine (C=N–C) groups is 1. The van der Waals surface area contributed by atoms with Crippen molar-refractivity contribution < 1.29 is 4.79 Å². The van der Waals surface area contributed by atoms with Gasteiger partial charge in [-0.2, -0.15) is 0 Å². The van der Waals surface area contributed by atoms with Crippen molar-refractivity contribution in [1.29, 1.82) is 0 Å². The van der Waals surface area contributed by atoms with E-state index in [0.717, 1.165) is 45.0 Å². The van der Waals surface area contributed by atoms with E-state index in [1.54, 1.807) is 0 Å². The minimum Gasteiger partial charge on any atom is -0.357 e. The molecule has 1 rings (SSSR count). The molecule has 148 valence electrons.